The Bertz CT molecular complexity index is 410. The average Bonchev–Trinajstić information content (AvgIpc) is 2.36. The van der Waals surface area contributed by atoms with E-state index < -0.39 is 12.6 Å². The van der Waals surface area contributed by atoms with E-state index in [1.807, 2.05) is 31.2 Å². The molecule has 2 N–H and O–H groups in total. The van der Waals surface area contributed by atoms with Gasteiger partial charge in [-0.3, -0.25) is 0 Å². The summed E-state index contributed by atoms with van der Waals surface area (Å²) in [5, 5.41) is 0. The van der Waals surface area contributed by atoms with Crippen molar-refractivity contribution in [2.75, 3.05) is 26.7 Å². The van der Waals surface area contributed by atoms with E-state index >= 15 is 0 Å². The van der Waals surface area contributed by atoms with Crippen LogP contribution in [0.2, 0.25) is 0 Å². The Morgan fingerprint density at radius 1 is 1.30 bits per heavy atom. The summed E-state index contributed by atoms with van der Waals surface area (Å²) in [6.07, 6.45) is -4.97. The van der Waals surface area contributed by atoms with Crippen LogP contribution < -0.4 is 10.5 Å². The zero-order valence-electron chi connectivity index (χ0n) is 11.8. The SMILES string of the molecule is CCOc1ccccc1C(N)CN(C)CCC(F)(F)F. The van der Waals surface area contributed by atoms with Crippen molar-refractivity contribution in [3.8, 4) is 5.75 Å². The Hall–Kier alpha value is -1.27. The molecule has 0 fully saturated rings. The summed E-state index contributed by atoms with van der Waals surface area (Å²) in [6.45, 7) is 2.68. The van der Waals surface area contributed by atoms with Crippen LogP contribution in [-0.2, 0) is 0 Å². The summed E-state index contributed by atoms with van der Waals surface area (Å²) in [5.74, 6) is 0.687. The Morgan fingerprint density at radius 3 is 2.55 bits per heavy atom. The van der Waals surface area contributed by atoms with Crippen LogP contribution in [-0.4, -0.2) is 37.8 Å². The number of nitrogens with zero attached hydrogens (tertiary/aromatic N) is 1. The van der Waals surface area contributed by atoms with Crippen molar-refractivity contribution in [1.82, 2.24) is 4.90 Å². The largest absolute Gasteiger partial charge is 0.494 e. The van der Waals surface area contributed by atoms with Crippen molar-refractivity contribution >= 4 is 0 Å². The highest BCUT2D eigenvalue weighted by molar-refractivity contribution is 5.35. The number of likely N-dealkylation sites (N-methyl/N-ethyl adjacent to an activating group) is 1. The van der Waals surface area contributed by atoms with E-state index in [-0.39, 0.29) is 12.6 Å². The van der Waals surface area contributed by atoms with E-state index in [0.29, 0.717) is 18.9 Å². The number of nitrogens with two attached hydrogens (primary N) is 1. The first kappa shape index (κ1) is 16.8. The average molecular weight is 290 g/mol. The minimum absolute atomic E-state index is 0.0615. The Kier molecular flexibility index (Phi) is 6.29. The summed E-state index contributed by atoms with van der Waals surface area (Å²) < 4.78 is 42.0. The van der Waals surface area contributed by atoms with Gasteiger partial charge in [0.25, 0.3) is 0 Å². The lowest BCUT2D eigenvalue weighted by Gasteiger charge is -2.23. The molecule has 0 saturated heterocycles. The zero-order valence-corrected chi connectivity index (χ0v) is 11.8. The maximum atomic E-state index is 12.2. The number of hydrogen-bond donors (Lipinski definition) is 1. The molecular weight excluding hydrogens is 269 g/mol. The summed E-state index contributed by atoms with van der Waals surface area (Å²) in [6, 6.07) is 6.96. The molecule has 0 saturated carbocycles. The summed E-state index contributed by atoms with van der Waals surface area (Å²) in [7, 11) is 1.63. The van der Waals surface area contributed by atoms with Crippen molar-refractivity contribution in [2.24, 2.45) is 5.73 Å². The first-order chi connectivity index (χ1) is 9.33. The molecule has 0 aliphatic rings. The topological polar surface area (TPSA) is 38.5 Å². The second kappa shape index (κ2) is 7.50. The first-order valence-electron chi connectivity index (χ1n) is 6.56. The number of alkyl halides is 3. The van der Waals surface area contributed by atoms with Crippen molar-refractivity contribution < 1.29 is 17.9 Å². The van der Waals surface area contributed by atoms with Gasteiger partial charge in [0.1, 0.15) is 5.75 Å². The van der Waals surface area contributed by atoms with Gasteiger partial charge in [0.2, 0.25) is 0 Å². The maximum Gasteiger partial charge on any atom is 0.390 e. The Labute approximate surface area is 117 Å². The lowest BCUT2D eigenvalue weighted by atomic mass is 10.1. The standard InChI is InChI=1S/C14H21F3N2O/c1-3-20-13-7-5-4-6-11(13)12(18)10-19(2)9-8-14(15,16)17/h4-7,12H,3,8-10,18H2,1-2H3. The van der Waals surface area contributed by atoms with Crippen LogP contribution in [0.1, 0.15) is 24.9 Å². The van der Waals surface area contributed by atoms with Crippen LogP contribution in [0.5, 0.6) is 5.75 Å². The smallest absolute Gasteiger partial charge is 0.390 e. The molecular formula is C14H21F3N2O. The van der Waals surface area contributed by atoms with Gasteiger partial charge in [-0.15, -0.1) is 0 Å². The van der Waals surface area contributed by atoms with Crippen molar-refractivity contribution in [2.45, 2.75) is 25.6 Å². The van der Waals surface area contributed by atoms with Gasteiger partial charge < -0.3 is 15.4 Å². The third-order valence-corrected chi connectivity index (χ3v) is 2.90. The molecule has 0 radical (unpaired) electrons. The van der Waals surface area contributed by atoms with Gasteiger partial charge in [0.05, 0.1) is 13.0 Å². The minimum Gasteiger partial charge on any atom is -0.494 e. The van der Waals surface area contributed by atoms with Crippen molar-refractivity contribution in [3.05, 3.63) is 29.8 Å². The third kappa shape index (κ3) is 5.79. The van der Waals surface area contributed by atoms with Gasteiger partial charge in [-0.2, -0.15) is 13.2 Å². The molecule has 1 rings (SSSR count). The molecule has 0 aromatic heterocycles. The van der Waals surface area contributed by atoms with Crippen molar-refractivity contribution in [3.63, 3.8) is 0 Å². The third-order valence-electron chi connectivity index (χ3n) is 2.90. The second-order valence-corrected chi connectivity index (χ2v) is 4.70. The van der Waals surface area contributed by atoms with Gasteiger partial charge in [-0.1, -0.05) is 18.2 Å². The van der Waals surface area contributed by atoms with E-state index in [9.17, 15) is 13.2 Å². The minimum atomic E-state index is -4.14. The molecule has 6 heteroatoms. The molecule has 0 aliphatic heterocycles. The van der Waals surface area contributed by atoms with Crippen LogP contribution in [0.15, 0.2) is 24.3 Å². The molecule has 1 aromatic rings. The molecule has 0 amide bonds. The fourth-order valence-electron chi connectivity index (χ4n) is 1.92. The normalized spacial score (nSPS) is 13.6. The van der Waals surface area contributed by atoms with Gasteiger partial charge in [-0.05, 0) is 20.0 Å². The molecule has 0 spiro atoms. The Morgan fingerprint density at radius 2 is 1.95 bits per heavy atom. The Balaban J connectivity index is 2.59. The van der Waals surface area contributed by atoms with Gasteiger partial charge in [-0.25, -0.2) is 0 Å². The van der Waals surface area contributed by atoms with Gasteiger partial charge in [0.15, 0.2) is 0 Å². The van der Waals surface area contributed by atoms with E-state index in [1.54, 1.807) is 11.9 Å². The number of ether oxygens (including phenoxy) is 1. The lowest BCUT2D eigenvalue weighted by molar-refractivity contribution is -0.137. The van der Waals surface area contributed by atoms with E-state index in [4.69, 9.17) is 10.5 Å². The number of halogens is 3. The first-order valence-corrected chi connectivity index (χ1v) is 6.56. The summed E-state index contributed by atoms with van der Waals surface area (Å²) in [4.78, 5) is 1.58. The van der Waals surface area contributed by atoms with Crippen LogP contribution in [0.4, 0.5) is 13.2 Å². The van der Waals surface area contributed by atoms with E-state index in [2.05, 4.69) is 0 Å². The van der Waals surface area contributed by atoms with E-state index in [0.717, 1.165) is 5.56 Å². The molecule has 3 nitrogen and oxygen atoms in total. The molecule has 20 heavy (non-hydrogen) atoms. The molecule has 0 bridgehead atoms. The highest BCUT2D eigenvalue weighted by Crippen LogP contribution is 2.25. The van der Waals surface area contributed by atoms with Crippen LogP contribution in [0, 0.1) is 0 Å². The summed E-state index contributed by atoms with van der Waals surface area (Å²) >= 11 is 0. The number of rotatable bonds is 7. The monoisotopic (exact) mass is 290 g/mol. The predicted molar refractivity (Wildman–Crippen MR) is 72.7 cm³/mol. The van der Waals surface area contributed by atoms with Gasteiger partial charge >= 0.3 is 6.18 Å². The highest BCUT2D eigenvalue weighted by atomic mass is 19.4. The van der Waals surface area contributed by atoms with Crippen LogP contribution >= 0.6 is 0 Å². The number of para-hydroxylation sites is 1. The van der Waals surface area contributed by atoms with Crippen molar-refractivity contribution in [1.29, 1.82) is 0 Å². The predicted octanol–water partition coefficient (Wildman–Crippen LogP) is 2.97. The number of benzene rings is 1. The molecule has 1 unspecified atom stereocenters. The molecule has 1 aromatic carbocycles. The number of hydrogen-bond acceptors (Lipinski definition) is 3. The summed E-state index contributed by atoms with van der Waals surface area (Å²) in [5.41, 5.74) is 6.88. The van der Waals surface area contributed by atoms with Crippen LogP contribution in [0.3, 0.4) is 0 Å². The molecule has 0 aliphatic carbocycles. The van der Waals surface area contributed by atoms with Crippen LogP contribution in [0.25, 0.3) is 0 Å². The molecule has 0 heterocycles. The van der Waals surface area contributed by atoms with E-state index in [1.165, 1.54) is 0 Å². The molecule has 114 valence electrons. The fourth-order valence-corrected chi connectivity index (χ4v) is 1.92. The zero-order chi connectivity index (χ0) is 15.2. The molecule has 1 atom stereocenters. The van der Waals surface area contributed by atoms with Gasteiger partial charge in [0, 0.05) is 24.7 Å². The maximum absolute atomic E-state index is 12.2. The fraction of sp³-hybridized carbons (Fsp3) is 0.571. The second-order valence-electron chi connectivity index (χ2n) is 4.70. The lowest BCUT2D eigenvalue weighted by Crippen LogP contribution is -2.32. The highest BCUT2D eigenvalue weighted by Gasteiger charge is 2.27. The quantitative estimate of drug-likeness (QED) is 0.839.